The van der Waals surface area contributed by atoms with Crippen LogP contribution in [0.1, 0.15) is 23.3 Å². The number of rotatable bonds is 4. The number of ether oxygens (including phenoxy) is 1. The van der Waals surface area contributed by atoms with Gasteiger partial charge in [-0.05, 0) is 25.0 Å². The Kier molecular flexibility index (Phi) is 3.51. The first-order valence-corrected chi connectivity index (χ1v) is 10.5. The third-order valence-corrected chi connectivity index (χ3v) is 7.25. The lowest BCUT2D eigenvalue weighted by molar-refractivity contribution is 0.0141. The number of nitrogens with one attached hydrogen (secondary N) is 1. The van der Waals surface area contributed by atoms with E-state index in [0.717, 1.165) is 36.7 Å². The Morgan fingerprint density at radius 2 is 2.39 bits per heavy atom. The highest BCUT2D eigenvalue weighted by Gasteiger charge is 2.63. The Balaban J connectivity index is 1.17. The number of hydrogen-bond donors (Lipinski definition) is 1. The molecule has 4 atom stereocenters. The van der Waals surface area contributed by atoms with E-state index in [1.807, 2.05) is 28.8 Å². The Bertz CT molecular complexity index is 1000. The van der Waals surface area contributed by atoms with Gasteiger partial charge in [0.15, 0.2) is 0 Å². The number of fused-ring (bicyclic) bond motifs is 2. The molecule has 0 radical (unpaired) electrons. The van der Waals surface area contributed by atoms with Gasteiger partial charge in [0.25, 0.3) is 5.91 Å². The summed E-state index contributed by atoms with van der Waals surface area (Å²) in [4.78, 5) is 19.4. The fraction of sp³-hybridized carbons (Fsp3) is 0.474. The van der Waals surface area contributed by atoms with Crippen LogP contribution >= 0.6 is 11.3 Å². The van der Waals surface area contributed by atoms with Gasteiger partial charge in [-0.3, -0.25) is 4.79 Å². The van der Waals surface area contributed by atoms with Crippen LogP contribution in [0.4, 0.5) is 5.13 Å². The first-order valence-electron chi connectivity index (χ1n) is 9.63. The summed E-state index contributed by atoms with van der Waals surface area (Å²) in [5.74, 6) is 0.615. The maximum absolute atomic E-state index is 12.7. The number of hydrogen-bond acceptors (Lipinski definition) is 7. The SMILES string of the molecule is O=C(NC[C@H]1[C@H]2CN(c3nncs3)C[C@]23CC[C@H]1O3)c1cn2ccccc2n1. The maximum atomic E-state index is 12.7. The molecule has 28 heavy (non-hydrogen) atoms. The van der Waals surface area contributed by atoms with Crippen molar-refractivity contribution in [3.63, 3.8) is 0 Å². The van der Waals surface area contributed by atoms with Gasteiger partial charge in [-0.25, -0.2) is 4.98 Å². The first-order chi connectivity index (χ1) is 13.7. The molecule has 1 amide bonds. The molecule has 0 aromatic carbocycles. The van der Waals surface area contributed by atoms with Crippen molar-refractivity contribution < 1.29 is 9.53 Å². The number of imidazole rings is 1. The van der Waals surface area contributed by atoms with Crippen LogP contribution in [0.5, 0.6) is 0 Å². The zero-order valence-corrected chi connectivity index (χ0v) is 16.0. The first kappa shape index (κ1) is 16.4. The van der Waals surface area contributed by atoms with E-state index in [2.05, 4.69) is 25.4 Å². The molecule has 6 heterocycles. The summed E-state index contributed by atoms with van der Waals surface area (Å²) in [5.41, 5.74) is 2.91. The number of carbonyl (C=O) groups is 1. The molecular formula is C19H20N6O2S. The van der Waals surface area contributed by atoms with Crippen molar-refractivity contribution >= 4 is 28.0 Å². The zero-order chi connectivity index (χ0) is 18.7. The predicted octanol–water partition coefficient (Wildman–Crippen LogP) is 1.60. The van der Waals surface area contributed by atoms with Crippen LogP contribution in [-0.4, -0.2) is 56.8 Å². The molecule has 3 aromatic rings. The third-order valence-electron chi connectivity index (χ3n) is 6.50. The average molecular weight is 396 g/mol. The third kappa shape index (κ3) is 2.39. The van der Waals surface area contributed by atoms with Crippen LogP contribution in [-0.2, 0) is 4.74 Å². The summed E-state index contributed by atoms with van der Waals surface area (Å²) in [6.07, 6.45) is 6.07. The molecule has 3 aliphatic rings. The molecule has 144 valence electrons. The van der Waals surface area contributed by atoms with Crippen molar-refractivity contribution in [3.8, 4) is 0 Å². The van der Waals surface area contributed by atoms with Crippen molar-refractivity contribution in [1.82, 2.24) is 24.9 Å². The van der Waals surface area contributed by atoms with Crippen molar-refractivity contribution in [3.05, 3.63) is 41.8 Å². The fourth-order valence-corrected chi connectivity index (χ4v) is 5.83. The molecule has 2 bridgehead atoms. The van der Waals surface area contributed by atoms with Crippen LogP contribution in [0.25, 0.3) is 5.65 Å². The molecule has 8 nitrogen and oxygen atoms in total. The number of pyridine rings is 1. The minimum absolute atomic E-state index is 0.0885. The molecule has 6 rings (SSSR count). The smallest absolute Gasteiger partial charge is 0.271 e. The molecule has 0 aliphatic carbocycles. The second-order valence-corrected chi connectivity index (χ2v) is 8.75. The highest BCUT2D eigenvalue weighted by molar-refractivity contribution is 7.13. The second-order valence-electron chi connectivity index (χ2n) is 7.93. The van der Waals surface area contributed by atoms with E-state index in [1.54, 1.807) is 23.0 Å². The maximum Gasteiger partial charge on any atom is 0.271 e. The highest BCUT2D eigenvalue weighted by Crippen LogP contribution is 2.55. The lowest BCUT2D eigenvalue weighted by Crippen LogP contribution is -2.42. The summed E-state index contributed by atoms with van der Waals surface area (Å²) in [6.45, 7) is 2.41. The van der Waals surface area contributed by atoms with Crippen molar-refractivity contribution in [2.45, 2.75) is 24.5 Å². The Hall–Kier alpha value is -2.52. The van der Waals surface area contributed by atoms with Gasteiger partial charge in [0, 0.05) is 43.9 Å². The molecule has 1 spiro atoms. The van der Waals surface area contributed by atoms with Gasteiger partial charge >= 0.3 is 0 Å². The topological polar surface area (TPSA) is 84.7 Å². The standard InChI is InChI=1S/C19H20N6O2S/c26-17(14-9-24-6-2-1-3-16(24)22-14)20-7-12-13-8-25(18-23-21-11-28-18)10-19(13)5-4-15(12)27-19/h1-3,6,9,11-13,15H,4-5,7-8,10H2,(H,20,26)/t12-,13+,15+,19+/m0/s1. The van der Waals surface area contributed by atoms with E-state index in [1.165, 1.54) is 0 Å². The van der Waals surface area contributed by atoms with Crippen molar-refractivity contribution in [2.24, 2.45) is 11.8 Å². The normalized spacial score (nSPS) is 30.9. The molecule has 0 unspecified atom stereocenters. The van der Waals surface area contributed by atoms with Gasteiger partial charge in [0.1, 0.15) is 16.9 Å². The van der Waals surface area contributed by atoms with Crippen molar-refractivity contribution in [2.75, 3.05) is 24.5 Å². The molecule has 9 heteroatoms. The summed E-state index contributed by atoms with van der Waals surface area (Å²) in [6, 6.07) is 5.73. The van der Waals surface area contributed by atoms with Gasteiger partial charge < -0.3 is 19.4 Å². The predicted molar refractivity (Wildman–Crippen MR) is 103 cm³/mol. The minimum Gasteiger partial charge on any atom is -0.369 e. The second kappa shape index (κ2) is 5.99. The quantitative estimate of drug-likeness (QED) is 0.721. The highest BCUT2D eigenvalue weighted by atomic mass is 32.1. The number of aromatic nitrogens is 4. The zero-order valence-electron chi connectivity index (χ0n) is 15.2. The summed E-state index contributed by atoms with van der Waals surface area (Å²) >= 11 is 1.57. The Labute approximate surface area is 165 Å². The van der Waals surface area contributed by atoms with Crippen molar-refractivity contribution in [1.29, 1.82) is 0 Å². The van der Waals surface area contributed by atoms with E-state index in [-0.39, 0.29) is 17.6 Å². The molecule has 3 aliphatic heterocycles. The number of nitrogens with zero attached hydrogens (tertiary/aromatic N) is 5. The Morgan fingerprint density at radius 1 is 1.43 bits per heavy atom. The molecule has 3 aromatic heterocycles. The number of amides is 1. The van der Waals surface area contributed by atoms with Crippen LogP contribution in [0, 0.1) is 11.8 Å². The van der Waals surface area contributed by atoms with Crippen LogP contribution in [0.3, 0.4) is 0 Å². The lowest BCUT2D eigenvalue weighted by atomic mass is 9.73. The molecule has 1 N–H and O–H groups in total. The summed E-state index contributed by atoms with van der Waals surface area (Å²) in [7, 11) is 0. The van der Waals surface area contributed by atoms with E-state index in [0.29, 0.717) is 24.1 Å². The summed E-state index contributed by atoms with van der Waals surface area (Å²) < 4.78 is 8.32. The molecule has 3 saturated heterocycles. The van der Waals surface area contributed by atoms with E-state index >= 15 is 0 Å². The van der Waals surface area contributed by atoms with Gasteiger partial charge in [0.2, 0.25) is 5.13 Å². The van der Waals surface area contributed by atoms with Gasteiger partial charge in [0.05, 0.1) is 11.7 Å². The number of carbonyl (C=O) groups excluding carboxylic acids is 1. The monoisotopic (exact) mass is 396 g/mol. The van der Waals surface area contributed by atoms with E-state index in [4.69, 9.17) is 4.74 Å². The average Bonchev–Trinajstić information content (AvgIpc) is 3.51. The van der Waals surface area contributed by atoms with Gasteiger partial charge in [-0.15, -0.1) is 10.2 Å². The Morgan fingerprint density at radius 3 is 3.25 bits per heavy atom. The fourth-order valence-electron chi connectivity index (χ4n) is 5.26. The van der Waals surface area contributed by atoms with Gasteiger partial charge in [-0.1, -0.05) is 17.4 Å². The van der Waals surface area contributed by atoms with E-state index < -0.39 is 0 Å². The van der Waals surface area contributed by atoms with Crippen LogP contribution < -0.4 is 10.2 Å². The molecule has 0 saturated carbocycles. The molecular weight excluding hydrogens is 376 g/mol. The van der Waals surface area contributed by atoms with Crippen LogP contribution in [0.2, 0.25) is 0 Å². The molecule has 3 fully saturated rings. The number of anilines is 1. The minimum atomic E-state index is -0.125. The van der Waals surface area contributed by atoms with Crippen LogP contribution in [0.15, 0.2) is 36.1 Å². The lowest BCUT2D eigenvalue weighted by Gasteiger charge is -2.29. The van der Waals surface area contributed by atoms with Gasteiger partial charge in [-0.2, -0.15) is 0 Å². The van der Waals surface area contributed by atoms with E-state index in [9.17, 15) is 4.79 Å². The summed E-state index contributed by atoms with van der Waals surface area (Å²) in [5, 5.41) is 12.3. The largest absolute Gasteiger partial charge is 0.369 e.